The van der Waals surface area contributed by atoms with E-state index in [9.17, 15) is 14.7 Å². The molecule has 25 heavy (non-hydrogen) atoms. The number of amides is 1. The predicted molar refractivity (Wildman–Crippen MR) is 95.6 cm³/mol. The Labute approximate surface area is 151 Å². The summed E-state index contributed by atoms with van der Waals surface area (Å²) in [5, 5.41) is 21.3. The van der Waals surface area contributed by atoms with Crippen molar-refractivity contribution in [1.82, 2.24) is 5.32 Å². The number of aliphatic carboxylic acids is 1. The van der Waals surface area contributed by atoms with Gasteiger partial charge in [-0.15, -0.1) is 0 Å². The van der Waals surface area contributed by atoms with Crippen LogP contribution in [0.5, 0.6) is 0 Å². The van der Waals surface area contributed by atoms with E-state index in [4.69, 9.17) is 16.7 Å². The highest BCUT2D eigenvalue weighted by molar-refractivity contribution is 6.30. The standard InChI is InChI=1S/C19H20ClNO4/c20-15-8-6-13(7-9-15)12-16(14-4-2-1-3-5-14)18(23)21-17(10-11-22)19(24)25/h1-9,16-17,22H,10-12H2,(H,21,23)(H,24,25)/t16?,17-/m0/s1. The van der Waals surface area contributed by atoms with E-state index in [1.165, 1.54) is 0 Å². The van der Waals surface area contributed by atoms with Crippen molar-refractivity contribution in [1.29, 1.82) is 0 Å². The van der Waals surface area contributed by atoms with Gasteiger partial charge in [-0.1, -0.05) is 54.1 Å². The van der Waals surface area contributed by atoms with Crippen LogP contribution in [0.25, 0.3) is 0 Å². The Morgan fingerprint density at radius 2 is 1.68 bits per heavy atom. The first kappa shape index (κ1) is 19.0. The van der Waals surface area contributed by atoms with Crippen LogP contribution in [0.4, 0.5) is 0 Å². The fraction of sp³-hybridized carbons (Fsp3) is 0.263. The second kappa shape index (κ2) is 9.20. The molecule has 0 aliphatic rings. The number of carbonyl (C=O) groups excluding carboxylic acids is 1. The van der Waals surface area contributed by atoms with Crippen LogP contribution in [0.3, 0.4) is 0 Å². The molecule has 0 saturated carbocycles. The van der Waals surface area contributed by atoms with E-state index in [1.54, 1.807) is 12.1 Å². The number of hydrogen-bond donors (Lipinski definition) is 3. The van der Waals surface area contributed by atoms with Crippen molar-refractivity contribution < 1.29 is 19.8 Å². The first-order valence-electron chi connectivity index (χ1n) is 7.94. The summed E-state index contributed by atoms with van der Waals surface area (Å²) in [6.07, 6.45) is 0.377. The van der Waals surface area contributed by atoms with Gasteiger partial charge in [-0.05, 0) is 29.7 Å². The normalized spacial score (nSPS) is 13.0. The molecule has 0 saturated heterocycles. The fourth-order valence-corrected chi connectivity index (χ4v) is 2.69. The van der Waals surface area contributed by atoms with E-state index in [0.29, 0.717) is 11.4 Å². The maximum Gasteiger partial charge on any atom is 0.326 e. The number of carbonyl (C=O) groups is 2. The largest absolute Gasteiger partial charge is 0.480 e. The zero-order valence-corrected chi connectivity index (χ0v) is 14.3. The van der Waals surface area contributed by atoms with Gasteiger partial charge in [0.05, 0.1) is 5.92 Å². The minimum Gasteiger partial charge on any atom is -0.480 e. The minimum absolute atomic E-state index is 0.0382. The van der Waals surface area contributed by atoms with E-state index in [1.807, 2.05) is 42.5 Å². The molecule has 2 aromatic rings. The number of carboxylic acid groups (broad SMARTS) is 1. The molecule has 3 N–H and O–H groups in total. The molecule has 6 heteroatoms. The van der Waals surface area contributed by atoms with Crippen molar-refractivity contribution in [2.45, 2.75) is 24.8 Å². The molecule has 0 fully saturated rings. The Bertz CT molecular complexity index is 703. The van der Waals surface area contributed by atoms with Gasteiger partial charge in [0, 0.05) is 18.1 Å². The van der Waals surface area contributed by atoms with Crippen LogP contribution in [-0.2, 0) is 16.0 Å². The molecule has 2 rings (SSSR count). The minimum atomic E-state index is -1.17. The molecule has 0 radical (unpaired) electrons. The number of rotatable bonds is 8. The van der Waals surface area contributed by atoms with Crippen molar-refractivity contribution in [2.75, 3.05) is 6.61 Å². The summed E-state index contributed by atoms with van der Waals surface area (Å²) in [4.78, 5) is 24.0. The van der Waals surface area contributed by atoms with E-state index in [0.717, 1.165) is 11.1 Å². The zero-order chi connectivity index (χ0) is 18.2. The molecule has 0 aliphatic heterocycles. The lowest BCUT2D eigenvalue weighted by atomic mass is 9.91. The molecule has 0 heterocycles. The van der Waals surface area contributed by atoms with Gasteiger partial charge in [-0.25, -0.2) is 4.79 Å². The average Bonchev–Trinajstić information content (AvgIpc) is 2.61. The first-order valence-corrected chi connectivity index (χ1v) is 8.32. The van der Waals surface area contributed by atoms with Gasteiger partial charge >= 0.3 is 5.97 Å². The quantitative estimate of drug-likeness (QED) is 0.674. The highest BCUT2D eigenvalue weighted by atomic mass is 35.5. The Kier molecular flexibility index (Phi) is 6.98. The van der Waals surface area contributed by atoms with Crippen LogP contribution in [0.15, 0.2) is 54.6 Å². The predicted octanol–water partition coefficient (Wildman–Crippen LogP) is 2.62. The summed E-state index contributed by atoms with van der Waals surface area (Å²) < 4.78 is 0. The number of halogens is 1. The molecule has 2 atom stereocenters. The highest BCUT2D eigenvalue weighted by Gasteiger charge is 2.26. The van der Waals surface area contributed by atoms with Gasteiger partial charge in [0.25, 0.3) is 0 Å². The zero-order valence-electron chi connectivity index (χ0n) is 13.6. The third-order valence-electron chi connectivity index (χ3n) is 3.90. The second-order valence-corrected chi connectivity index (χ2v) is 6.14. The fourth-order valence-electron chi connectivity index (χ4n) is 2.56. The van der Waals surface area contributed by atoms with Crippen molar-refractivity contribution in [3.63, 3.8) is 0 Å². The SMILES string of the molecule is O=C(N[C@@H](CCO)C(=O)O)C(Cc1ccc(Cl)cc1)c1ccccc1. The van der Waals surface area contributed by atoms with Gasteiger partial charge in [0.1, 0.15) is 6.04 Å². The van der Waals surface area contributed by atoms with E-state index >= 15 is 0 Å². The average molecular weight is 362 g/mol. The number of hydrogen-bond acceptors (Lipinski definition) is 3. The first-order chi connectivity index (χ1) is 12.0. The van der Waals surface area contributed by atoms with Crippen molar-refractivity contribution >= 4 is 23.5 Å². The van der Waals surface area contributed by atoms with Gasteiger partial charge < -0.3 is 15.5 Å². The Hall–Kier alpha value is -2.37. The Balaban J connectivity index is 2.23. The lowest BCUT2D eigenvalue weighted by molar-refractivity contribution is -0.142. The van der Waals surface area contributed by atoms with Gasteiger partial charge in [0.2, 0.25) is 5.91 Å². The van der Waals surface area contributed by atoms with Crippen molar-refractivity contribution in [2.24, 2.45) is 0 Å². The maximum absolute atomic E-state index is 12.7. The third-order valence-corrected chi connectivity index (χ3v) is 4.16. The Morgan fingerprint density at radius 1 is 1.04 bits per heavy atom. The number of aliphatic hydroxyl groups is 1. The van der Waals surface area contributed by atoms with Crippen LogP contribution in [-0.4, -0.2) is 34.7 Å². The summed E-state index contributed by atoms with van der Waals surface area (Å²) in [5.41, 5.74) is 1.71. The number of carboxylic acids is 1. The smallest absolute Gasteiger partial charge is 0.326 e. The molecular formula is C19H20ClNO4. The molecule has 0 spiro atoms. The van der Waals surface area contributed by atoms with Crippen LogP contribution >= 0.6 is 11.6 Å². The van der Waals surface area contributed by atoms with E-state index < -0.39 is 17.9 Å². The van der Waals surface area contributed by atoms with Gasteiger partial charge in [-0.3, -0.25) is 4.79 Å². The second-order valence-electron chi connectivity index (χ2n) is 5.71. The van der Waals surface area contributed by atoms with Crippen LogP contribution in [0, 0.1) is 0 Å². The number of nitrogens with one attached hydrogen (secondary N) is 1. The molecule has 5 nitrogen and oxygen atoms in total. The lowest BCUT2D eigenvalue weighted by Gasteiger charge is -2.20. The monoisotopic (exact) mass is 361 g/mol. The Morgan fingerprint density at radius 3 is 2.24 bits per heavy atom. The summed E-state index contributed by atoms with van der Waals surface area (Å²) in [6.45, 7) is -0.315. The molecule has 0 aliphatic carbocycles. The third kappa shape index (κ3) is 5.59. The summed E-state index contributed by atoms with van der Waals surface area (Å²) >= 11 is 5.90. The van der Waals surface area contributed by atoms with Crippen LogP contribution in [0.2, 0.25) is 5.02 Å². The molecule has 0 bridgehead atoms. The maximum atomic E-state index is 12.7. The number of aliphatic hydroxyl groups excluding tert-OH is 1. The van der Waals surface area contributed by atoms with E-state index in [2.05, 4.69) is 5.32 Å². The topological polar surface area (TPSA) is 86.6 Å². The van der Waals surface area contributed by atoms with E-state index in [-0.39, 0.29) is 18.9 Å². The van der Waals surface area contributed by atoms with Crippen molar-refractivity contribution in [3.05, 3.63) is 70.7 Å². The summed E-state index contributed by atoms with van der Waals surface area (Å²) in [6, 6.07) is 15.3. The molecule has 2 aromatic carbocycles. The lowest BCUT2D eigenvalue weighted by Crippen LogP contribution is -2.44. The molecule has 0 aromatic heterocycles. The molecular weight excluding hydrogens is 342 g/mol. The molecule has 1 amide bonds. The summed E-state index contributed by atoms with van der Waals surface area (Å²) in [5.74, 6) is -2.09. The number of benzene rings is 2. The van der Waals surface area contributed by atoms with Crippen LogP contribution < -0.4 is 5.32 Å². The van der Waals surface area contributed by atoms with Gasteiger partial charge in [-0.2, -0.15) is 0 Å². The highest BCUT2D eigenvalue weighted by Crippen LogP contribution is 2.22. The van der Waals surface area contributed by atoms with Crippen molar-refractivity contribution in [3.8, 4) is 0 Å². The summed E-state index contributed by atoms with van der Waals surface area (Å²) in [7, 11) is 0. The molecule has 132 valence electrons. The van der Waals surface area contributed by atoms with Gasteiger partial charge in [0.15, 0.2) is 0 Å². The van der Waals surface area contributed by atoms with Crippen LogP contribution in [0.1, 0.15) is 23.5 Å². The molecule has 1 unspecified atom stereocenters.